The lowest BCUT2D eigenvalue weighted by atomic mass is 9.70. The van der Waals surface area contributed by atoms with Crippen molar-refractivity contribution < 1.29 is 9.13 Å². The number of halogens is 1. The summed E-state index contributed by atoms with van der Waals surface area (Å²) in [6.07, 6.45) is 2.29. The highest BCUT2D eigenvalue weighted by molar-refractivity contribution is 5.05. The SMILES string of the molecule is CC1(COc2cc[nH]n2)CC(F)C1. The number of hydrogen-bond acceptors (Lipinski definition) is 2. The van der Waals surface area contributed by atoms with Crippen LogP contribution in [0.15, 0.2) is 12.3 Å². The minimum absolute atomic E-state index is 0.0123. The summed E-state index contributed by atoms with van der Waals surface area (Å²) in [7, 11) is 0. The van der Waals surface area contributed by atoms with Gasteiger partial charge in [0.1, 0.15) is 6.17 Å². The van der Waals surface area contributed by atoms with Gasteiger partial charge in [-0.15, -0.1) is 5.10 Å². The van der Waals surface area contributed by atoms with E-state index in [4.69, 9.17) is 4.74 Å². The molecule has 0 aliphatic heterocycles. The number of H-pyrrole nitrogens is 1. The van der Waals surface area contributed by atoms with Crippen molar-refractivity contribution in [1.82, 2.24) is 10.2 Å². The largest absolute Gasteiger partial charge is 0.476 e. The van der Waals surface area contributed by atoms with Gasteiger partial charge in [0.25, 0.3) is 0 Å². The Kier molecular flexibility index (Phi) is 1.98. The predicted molar refractivity (Wildman–Crippen MR) is 46.3 cm³/mol. The van der Waals surface area contributed by atoms with Crippen LogP contribution in [0.25, 0.3) is 0 Å². The number of rotatable bonds is 3. The molecule has 1 aromatic heterocycles. The van der Waals surface area contributed by atoms with Crippen LogP contribution < -0.4 is 4.74 Å². The minimum Gasteiger partial charge on any atom is -0.476 e. The summed E-state index contributed by atoms with van der Waals surface area (Å²) >= 11 is 0. The second kappa shape index (κ2) is 3.01. The molecule has 3 nitrogen and oxygen atoms in total. The summed E-state index contributed by atoms with van der Waals surface area (Å²) in [6, 6.07) is 1.76. The third-order valence-corrected chi connectivity index (χ3v) is 2.47. The van der Waals surface area contributed by atoms with Crippen molar-refractivity contribution in [3.63, 3.8) is 0 Å². The van der Waals surface area contributed by atoms with Crippen LogP contribution in [-0.2, 0) is 0 Å². The Balaban J connectivity index is 1.80. The van der Waals surface area contributed by atoms with Gasteiger partial charge in [0.2, 0.25) is 5.88 Å². The van der Waals surface area contributed by atoms with E-state index in [2.05, 4.69) is 10.2 Å². The number of hydrogen-bond donors (Lipinski definition) is 1. The molecule has 1 heterocycles. The van der Waals surface area contributed by atoms with Gasteiger partial charge in [-0.05, 0) is 12.8 Å². The first-order valence-electron chi connectivity index (χ1n) is 4.45. The summed E-state index contributed by atoms with van der Waals surface area (Å²) in [5.41, 5.74) is 0.0123. The zero-order chi connectivity index (χ0) is 9.31. The van der Waals surface area contributed by atoms with E-state index >= 15 is 0 Å². The maximum atomic E-state index is 12.6. The molecule has 2 rings (SSSR count). The van der Waals surface area contributed by atoms with E-state index in [0.717, 1.165) is 0 Å². The number of ether oxygens (including phenoxy) is 1. The molecule has 0 radical (unpaired) electrons. The molecule has 0 unspecified atom stereocenters. The maximum absolute atomic E-state index is 12.6. The molecule has 0 atom stereocenters. The van der Waals surface area contributed by atoms with Gasteiger partial charge in [-0.2, -0.15) is 0 Å². The van der Waals surface area contributed by atoms with Gasteiger partial charge in [-0.1, -0.05) is 6.92 Å². The van der Waals surface area contributed by atoms with Crippen LogP contribution in [0.2, 0.25) is 0 Å². The second-order valence-electron chi connectivity index (χ2n) is 4.02. The Morgan fingerprint density at radius 3 is 3.08 bits per heavy atom. The molecule has 1 aliphatic carbocycles. The van der Waals surface area contributed by atoms with Crippen molar-refractivity contribution in [3.8, 4) is 5.88 Å². The molecule has 1 N–H and O–H groups in total. The Morgan fingerprint density at radius 2 is 2.54 bits per heavy atom. The molecule has 0 bridgehead atoms. The fourth-order valence-electron chi connectivity index (χ4n) is 1.70. The van der Waals surface area contributed by atoms with Crippen molar-refractivity contribution in [3.05, 3.63) is 12.3 Å². The van der Waals surface area contributed by atoms with Crippen molar-refractivity contribution in [2.45, 2.75) is 25.9 Å². The lowest BCUT2D eigenvalue weighted by Gasteiger charge is -2.40. The quantitative estimate of drug-likeness (QED) is 0.779. The Morgan fingerprint density at radius 1 is 1.77 bits per heavy atom. The first-order chi connectivity index (χ1) is 6.18. The summed E-state index contributed by atoms with van der Waals surface area (Å²) in [4.78, 5) is 0. The molecule has 1 saturated carbocycles. The average molecular weight is 184 g/mol. The minimum atomic E-state index is -0.632. The van der Waals surface area contributed by atoms with Crippen LogP contribution in [0.5, 0.6) is 5.88 Å². The summed E-state index contributed by atoms with van der Waals surface area (Å²) in [6.45, 7) is 2.59. The summed E-state index contributed by atoms with van der Waals surface area (Å²) < 4.78 is 18.0. The first-order valence-corrected chi connectivity index (χ1v) is 4.45. The van der Waals surface area contributed by atoms with Gasteiger partial charge in [0.05, 0.1) is 6.61 Å². The van der Waals surface area contributed by atoms with Crippen molar-refractivity contribution >= 4 is 0 Å². The van der Waals surface area contributed by atoms with Crippen LogP contribution in [0, 0.1) is 5.41 Å². The number of nitrogens with zero attached hydrogens (tertiary/aromatic N) is 1. The number of nitrogens with one attached hydrogen (secondary N) is 1. The second-order valence-corrected chi connectivity index (χ2v) is 4.02. The highest BCUT2D eigenvalue weighted by Crippen LogP contribution is 2.42. The molecule has 1 fully saturated rings. The van der Waals surface area contributed by atoms with Crippen LogP contribution >= 0.6 is 0 Å². The predicted octanol–water partition coefficient (Wildman–Crippen LogP) is 1.93. The smallest absolute Gasteiger partial charge is 0.232 e. The average Bonchev–Trinajstić information content (AvgIpc) is 2.50. The van der Waals surface area contributed by atoms with Gasteiger partial charge in [0, 0.05) is 17.7 Å². The molecular formula is C9H13FN2O. The van der Waals surface area contributed by atoms with Gasteiger partial charge in [0.15, 0.2) is 0 Å². The molecule has 1 aromatic rings. The first kappa shape index (κ1) is 8.53. The Labute approximate surface area is 76.3 Å². The van der Waals surface area contributed by atoms with Gasteiger partial charge in [-0.25, -0.2) is 4.39 Å². The fraction of sp³-hybridized carbons (Fsp3) is 0.667. The standard InChI is InChI=1S/C9H13FN2O/c1-9(4-7(10)5-9)6-13-8-2-3-11-12-8/h2-3,7H,4-6H2,1H3,(H,11,12). The highest BCUT2D eigenvalue weighted by Gasteiger charge is 2.41. The van der Waals surface area contributed by atoms with Crippen LogP contribution in [0.1, 0.15) is 19.8 Å². The zero-order valence-electron chi connectivity index (χ0n) is 7.59. The number of aromatic nitrogens is 2. The van der Waals surface area contributed by atoms with E-state index in [0.29, 0.717) is 25.3 Å². The molecule has 0 amide bonds. The Bertz CT molecular complexity index is 267. The van der Waals surface area contributed by atoms with Crippen LogP contribution in [0.4, 0.5) is 4.39 Å². The highest BCUT2D eigenvalue weighted by atomic mass is 19.1. The molecule has 72 valence electrons. The summed E-state index contributed by atoms with van der Waals surface area (Å²) in [5, 5.41) is 6.52. The van der Waals surface area contributed by atoms with Gasteiger partial charge >= 0.3 is 0 Å². The lowest BCUT2D eigenvalue weighted by molar-refractivity contribution is 0.000236. The van der Waals surface area contributed by atoms with Crippen molar-refractivity contribution in [1.29, 1.82) is 0 Å². The third kappa shape index (κ3) is 1.82. The molecular weight excluding hydrogens is 171 g/mol. The third-order valence-electron chi connectivity index (χ3n) is 2.47. The Hall–Kier alpha value is -1.06. The van der Waals surface area contributed by atoms with E-state index in [1.54, 1.807) is 12.3 Å². The normalized spacial score (nSPS) is 32.6. The lowest BCUT2D eigenvalue weighted by Crippen LogP contribution is -2.40. The molecule has 4 heteroatoms. The van der Waals surface area contributed by atoms with E-state index in [1.165, 1.54) is 0 Å². The van der Waals surface area contributed by atoms with E-state index in [9.17, 15) is 4.39 Å². The van der Waals surface area contributed by atoms with Crippen molar-refractivity contribution in [2.24, 2.45) is 5.41 Å². The summed E-state index contributed by atoms with van der Waals surface area (Å²) in [5.74, 6) is 0.587. The van der Waals surface area contributed by atoms with Crippen molar-refractivity contribution in [2.75, 3.05) is 6.61 Å². The fourth-order valence-corrected chi connectivity index (χ4v) is 1.70. The van der Waals surface area contributed by atoms with Crippen LogP contribution in [0.3, 0.4) is 0 Å². The van der Waals surface area contributed by atoms with E-state index < -0.39 is 6.17 Å². The van der Waals surface area contributed by atoms with Gasteiger partial charge in [-0.3, -0.25) is 5.10 Å². The molecule has 13 heavy (non-hydrogen) atoms. The molecule has 1 aliphatic rings. The van der Waals surface area contributed by atoms with Crippen LogP contribution in [-0.4, -0.2) is 23.0 Å². The monoisotopic (exact) mass is 184 g/mol. The van der Waals surface area contributed by atoms with E-state index in [-0.39, 0.29) is 5.41 Å². The molecule has 0 saturated heterocycles. The topological polar surface area (TPSA) is 37.9 Å². The zero-order valence-corrected chi connectivity index (χ0v) is 7.59. The maximum Gasteiger partial charge on any atom is 0.232 e. The molecule has 0 aromatic carbocycles. The number of alkyl halides is 1. The molecule has 0 spiro atoms. The van der Waals surface area contributed by atoms with Gasteiger partial charge < -0.3 is 4.74 Å². The number of aromatic amines is 1. The van der Waals surface area contributed by atoms with E-state index in [1.807, 2.05) is 6.92 Å².